The van der Waals surface area contributed by atoms with Crippen molar-refractivity contribution in [2.75, 3.05) is 0 Å². The van der Waals surface area contributed by atoms with Crippen LogP contribution in [-0.4, -0.2) is 14.5 Å². The molecule has 3 N–H and O–H groups in total. The van der Waals surface area contributed by atoms with Gasteiger partial charge < -0.3 is 5.73 Å². The summed E-state index contributed by atoms with van der Waals surface area (Å²) in [5.74, 6) is 0.513. The summed E-state index contributed by atoms with van der Waals surface area (Å²) < 4.78 is 27.3. The van der Waals surface area contributed by atoms with E-state index in [0.29, 0.717) is 17.4 Å². The minimum absolute atomic E-state index is 0.118. The van der Waals surface area contributed by atoms with Gasteiger partial charge in [0.2, 0.25) is 10.0 Å². The highest BCUT2D eigenvalue weighted by Crippen LogP contribution is 2.35. The lowest BCUT2D eigenvalue weighted by Gasteiger charge is -2.09. The summed E-state index contributed by atoms with van der Waals surface area (Å²) in [6.07, 6.45) is 3.16. The molecule has 0 aliphatic heterocycles. The van der Waals surface area contributed by atoms with Crippen molar-refractivity contribution in [1.29, 1.82) is 0 Å². The Morgan fingerprint density at radius 2 is 2.16 bits per heavy atom. The minimum Gasteiger partial charge on any atom is -0.326 e. The number of nitrogens with one attached hydrogen (secondary N) is 1. The molecule has 0 amide bonds. The molecule has 0 bridgehead atoms. The van der Waals surface area contributed by atoms with Crippen LogP contribution in [0.15, 0.2) is 23.1 Å². The Labute approximate surface area is 115 Å². The predicted octanol–water partition coefficient (Wildman–Crippen LogP) is 1.92. The molecule has 2 atom stereocenters. The van der Waals surface area contributed by atoms with E-state index in [4.69, 9.17) is 5.73 Å². The number of sulfonamides is 1. The smallest absolute Gasteiger partial charge is 0.240 e. The molecule has 0 aromatic heterocycles. The Morgan fingerprint density at radius 3 is 2.79 bits per heavy atom. The summed E-state index contributed by atoms with van der Waals surface area (Å²) in [6.45, 7) is 4.42. The van der Waals surface area contributed by atoms with Gasteiger partial charge in [0.1, 0.15) is 0 Å². The Bertz CT molecular complexity index is 555. The lowest BCUT2D eigenvalue weighted by Crippen LogP contribution is -2.27. The van der Waals surface area contributed by atoms with Crippen molar-refractivity contribution in [1.82, 2.24) is 4.72 Å². The average Bonchev–Trinajstić information content (AvgIpc) is 3.07. The van der Waals surface area contributed by atoms with E-state index in [-0.39, 0.29) is 6.04 Å². The molecule has 5 heteroatoms. The quantitative estimate of drug-likeness (QED) is 0.837. The molecule has 1 aromatic carbocycles. The minimum atomic E-state index is -3.40. The maximum Gasteiger partial charge on any atom is 0.240 e. The molecular weight excluding hydrogens is 260 g/mol. The molecule has 0 heterocycles. The van der Waals surface area contributed by atoms with Crippen LogP contribution in [0.2, 0.25) is 0 Å². The molecule has 0 radical (unpaired) electrons. The van der Waals surface area contributed by atoms with Crippen LogP contribution in [0.25, 0.3) is 0 Å². The molecule has 2 unspecified atom stereocenters. The van der Waals surface area contributed by atoms with Crippen LogP contribution in [0.1, 0.15) is 37.3 Å². The van der Waals surface area contributed by atoms with Crippen LogP contribution in [0, 0.1) is 12.8 Å². The Kier molecular flexibility index (Phi) is 4.28. The van der Waals surface area contributed by atoms with E-state index in [2.05, 4.69) is 11.6 Å². The summed E-state index contributed by atoms with van der Waals surface area (Å²) in [5.41, 5.74) is 7.53. The number of benzene rings is 1. The van der Waals surface area contributed by atoms with E-state index in [0.717, 1.165) is 30.4 Å². The highest BCUT2D eigenvalue weighted by Gasteiger charge is 2.39. The van der Waals surface area contributed by atoms with Gasteiger partial charge in [0.15, 0.2) is 0 Å². The van der Waals surface area contributed by atoms with Crippen LogP contribution in [0.5, 0.6) is 0 Å². The molecule has 1 aromatic rings. The molecule has 1 fully saturated rings. The standard InChI is InChI=1S/C14H22N2O2S/c1-3-4-11-8-14(11)16-19(17,18)13-6-5-10(2)12(7-13)9-15/h5-7,11,14,16H,3-4,8-9,15H2,1-2H3. The molecule has 4 nitrogen and oxygen atoms in total. The SMILES string of the molecule is CCCC1CC1NS(=O)(=O)c1ccc(C)c(CN)c1. The lowest BCUT2D eigenvalue weighted by atomic mass is 10.1. The number of hydrogen-bond acceptors (Lipinski definition) is 3. The first-order chi connectivity index (χ1) is 8.97. The second kappa shape index (κ2) is 5.61. The molecule has 1 aliphatic carbocycles. The van der Waals surface area contributed by atoms with Crippen molar-refractivity contribution in [3.8, 4) is 0 Å². The first-order valence-electron chi connectivity index (χ1n) is 6.80. The fourth-order valence-electron chi connectivity index (χ4n) is 2.38. The Hall–Kier alpha value is -0.910. The third-order valence-corrected chi connectivity index (χ3v) is 5.23. The van der Waals surface area contributed by atoms with E-state index in [1.807, 2.05) is 13.0 Å². The van der Waals surface area contributed by atoms with Gasteiger partial charge in [-0.15, -0.1) is 0 Å². The van der Waals surface area contributed by atoms with E-state index in [1.165, 1.54) is 0 Å². The zero-order valence-corrected chi connectivity index (χ0v) is 12.3. The van der Waals surface area contributed by atoms with E-state index >= 15 is 0 Å². The van der Waals surface area contributed by atoms with Crippen molar-refractivity contribution in [3.05, 3.63) is 29.3 Å². The van der Waals surface area contributed by atoms with Crippen molar-refractivity contribution < 1.29 is 8.42 Å². The number of rotatable bonds is 6. The van der Waals surface area contributed by atoms with Crippen LogP contribution in [-0.2, 0) is 16.6 Å². The van der Waals surface area contributed by atoms with Crippen molar-refractivity contribution in [2.45, 2.75) is 50.6 Å². The van der Waals surface area contributed by atoms with Gasteiger partial charge in [-0.3, -0.25) is 0 Å². The molecule has 1 aliphatic rings. The number of hydrogen-bond donors (Lipinski definition) is 2. The van der Waals surface area contributed by atoms with Crippen LogP contribution in [0.4, 0.5) is 0 Å². The van der Waals surface area contributed by atoms with Gasteiger partial charge in [-0.25, -0.2) is 13.1 Å². The van der Waals surface area contributed by atoms with Crippen molar-refractivity contribution in [3.63, 3.8) is 0 Å². The van der Waals surface area contributed by atoms with E-state index in [1.54, 1.807) is 12.1 Å². The number of aryl methyl sites for hydroxylation is 1. The average molecular weight is 282 g/mol. The van der Waals surface area contributed by atoms with Crippen LogP contribution < -0.4 is 10.5 Å². The highest BCUT2D eigenvalue weighted by atomic mass is 32.2. The fourth-order valence-corrected chi connectivity index (χ4v) is 3.75. The maximum absolute atomic E-state index is 12.3. The molecule has 0 saturated heterocycles. The second-order valence-electron chi connectivity index (χ2n) is 5.30. The van der Waals surface area contributed by atoms with Gasteiger partial charge >= 0.3 is 0 Å². The van der Waals surface area contributed by atoms with Gasteiger partial charge in [0, 0.05) is 12.6 Å². The Balaban J connectivity index is 2.12. The normalized spacial score (nSPS) is 22.5. The lowest BCUT2D eigenvalue weighted by molar-refractivity contribution is 0.573. The van der Waals surface area contributed by atoms with Gasteiger partial charge in [-0.2, -0.15) is 0 Å². The zero-order valence-electron chi connectivity index (χ0n) is 11.5. The predicted molar refractivity (Wildman–Crippen MR) is 76.2 cm³/mol. The van der Waals surface area contributed by atoms with Crippen molar-refractivity contribution >= 4 is 10.0 Å². The largest absolute Gasteiger partial charge is 0.326 e. The van der Waals surface area contributed by atoms with Crippen molar-refractivity contribution in [2.24, 2.45) is 11.7 Å². The van der Waals surface area contributed by atoms with Gasteiger partial charge in [0.25, 0.3) is 0 Å². The molecule has 2 rings (SSSR count). The molecule has 1 saturated carbocycles. The van der Waals surface area contributed by atoms with E-state index in [9.17, 15) is 8.42 Å². The molecule has 0 spiro atoms. The maximum atomic E-state index is 12.3. The second-order valence-corrected chi connectivity index (χ2v) is 7.02. The van der Waals surface area contributed by atoms with E-state index < -0.39 is 10.0 Å². The summed E-state index contributed by atoms with van der Waals surface area (Å²) in [6, 6.07) is 5.25. The summed E-state index contributed by atoms with van der Waals surface area (Å²) in [4.78, 5) is 0.320. The first kappa shape index (κ1) is 14.5. The van der Waals surface area contributed by atoms with Crippen LogP contribution >= 0.6 is 0 Å². The van der Waals surface area contributed by atoms with Gasteiger partial charge in [-0.1, -0.05) is 19.4 Å². The first-order valence-corrected chi connectivity index (χ1v) is 8.28. The highest BCUT2D eigenvalue weighted by molar-refractivity contribution is 7.89. The topological polar surface area (TPSA) is 72.2 Å². The Morgan fingerprint density at radius 1 is 1.42 bits per heavy atom. The third kappa shape index (κ3) is 3.35. The summed E-state index contributed by atoms with van der Waals surface area (Å²) in [5, 5.41) is 0. The third-order valence-electron chi connectivity index (χ3n) is 3.74. The summed E-state index contributed by atoms with van der Waals surface area (Å²) in [7, 11) is -3.40. The summed E-state index contributed by atoms with van der Waals surface area (Å²) >= 11 is 0. The van der Waals surface area contributed by atoms with Gasteiger partial charge in [-0.05, 0) is 48.9 Å². The zero-order chi connectivity index (χ0) is 14.0. The molecular formula is C14H22N2O2S. The van der Waals surface area contributed by atoms with Crippen LogP contribution in [0.3, 0.4) is 0 Å². The van der Waals surface area contributed by atoms with Gasteiger partial charge in [0.05, 0.1) is 4.90 Å². The molecule has 106 valence electrons. The fraction of sp³-hybridized carbons (Fsp3) is 0.571. The molecule has 19 heavy (non-hydrogen) atoms. The monoisotopic (exact) mass is 282 g/mol. The number of nitrogens with two attached hydrogens (primary N) is 1.